The molecule has 2 aliphatic rings. The van der Waals surface area contributed by atoms with E-state index in [0.29, 0.717) is 17.0 Å². The molecule has 0 aromatic heterocycles. The zero-order valence-electron chi connectivity index (χ0n) is 19.2. The van der Waals surface area contributed by atoms with E-state index >= 15 is 0 Å². The molecule has 0 radical (unpaired) electrons. The number of nitrogens with one attached hydrogen (secondary N) is 1. The average molecular weight is 453 g/mol. The van der Waals surface area contributed by atoms with Gasteiger partial charge < -0.3 is 10.2 Å². The molecular formula is C26H29ClN2O3. The van der Waals surface area contributed by atoms with Gasteiger partial charge >= 0.3 is 5.97 Å². The molecule has 2 aromatic rings. The molecule has 2 saturated carbocycles. The Balaban J connectivity index is 1.59. The third-order valence-electron chi connectivity index (χ3n) is 8.13. The van der Waals surface area contributed by atoms with E-state index in [-0.39, 0.29) is 16.7 Å². The molecule has 2 atom stereocenters. The number of anilines is 1. The summed E-state index contributed by atoms with van der Waals surface area (Å²) in [5.41, 5.74) is 2.68. The lowest BCUT2D eigenvalue weighted by Gasteiger charge is -2.39. The molecular weight excluding hydrogens is 424 g/mol. The monoisotopic (exact) mass is 452 g/mol. The van der Waals surface area contributed by atoms with Gasteiger partial charge in [0.1, 0.15) is 0 Å². The van der Waals surface area contributed by atoms with E-state index in [1.807, 2.05) is 38.1 Å². The van der Waals surface area contributed by atoms with Gasteiger partial charge in [0.15, 0.2) is 0 Å². The fourth-order valence-corrected chi connectivity index (χ4v) is 5.60. The number of benzene rings is 2. The molecule has 2 aromatic carbocycles. The Labute approximate surface area is 194 Å². The summed E-state index contributed by atoms with van der Waals surface area (Å²) in [6.07, 6.45) is 2.05. The zero-order valence-corrected chi connectivity index (χ0v) is 20.0. The number of fused-ring (bicyclic) bond motifs is 2. The molecule has 2 unspecified atom stereocenters. The van der Waals surface area contributed by atoms with Gasteiger partial charge in [0.25, 0.3) is 0 Å². The molecule has 6 heteroatoms. The zero-order chi connectivity index (χ0) is 23.3. The Morgan fingerprint density at radius 3 is 2.38 bits per heavy atom. The van der Waals surface area contributed by atoms with Gasteiger partial charge in [-0.25, -0.2) is 4.79 Å². The highest BCUT2D eigenvalue weighted by Crippen LogP contribution is 2.71. The van der Waals surface area contributed by atoms with Gasteiger partial charge in [-0.05, 0) is 68.0 Å². The van der Waals surface area contributed by atoms with Crippen molar-refractivity contribution in [1.82, 2.24) is 0 Å². The SMILES string of the molecule is Cc1ccc(C(=O)ON=C2CC3(C(=O)Nc4ccc(Cl)cc4C)CCC2(C)C3(C)C)cc1. The van der Waals surface area contributed by atoms with Crippen molar-refractivity contribution in [1.29, 1.82) is 0 Å². The van der Waals surface area contributed by atoms with Gasteiger partial charge in [0.2, 0.25) is 5.91 Å². The Morgan fingerprint density at radius 1 is 1.03 bits per heavy atom. The van der Waals surface area contributed by atoms with E-state index in [4.69, 9.17) is 16.4 Å². The van der Waals surface area contributed by atoms with Gasteiger partial charge in [-0.15, -0.1) is 0 Å². The molecule has 2 aliphatic carbocycles. The van der Waals surface area contributed by atoms with E-state index in [1.54, 1.807) is 18.2 Å². The maximum absolute atomic E-state index is 13.6. The smallest absolute Gasteiger partial charge is 0.325 e. The van der Waals surface area contributed by atoms with Crippen molar-refractivity contribution in [2.24, 2.45) is 21.4 Å². The van der Waals surface area contributed by atoms with Gasteiger partial charge in [0.05, 0.1) is 16.7 Å². The van der Waals surface area contributed by atoms with Crippen LogP contribution in [0.15, 0.2) is 47.6 Å². The van der Waals surface area contributed by atoms with Crippen LogP contribution in [-0.4, -0.2) is 17.6 Å². The van der Waals surface area contributed by atoms with E-state index < -0.39 is 11.4 Å². The second kappa shape index (κ2) is 7.73. The molecule has 1 amide bonds. The van der Waals surface area contributed by atoms with Crippen LogP contribution in [0.5, 0.6) is 0 Å². The first kappa shape index (κ1) is 22.5. The molecule has 5 nitrogen and oxygen atoms in total. The predicted octanol–water partition coefficient (Wildman–Crippen LogP) is 6.32. The van der Waals surface area contributed by atoms with Crippen LogP contribution in [-0.2, 0) is 9.63 Å². The quantitative estimate of drug-likeness (QED) is 0.435. The van der Waals surface area contributed by atoms with Crippen LogP contribution in [0.2, 0.25) is 5.02 Å². The van der Waals surface area contributed by atoms with Gasteiger partial charge in [0, 0.05) is 22.5 Å². The fraction of sp³-hybridized carbons (Fsp3) is 0.423. The third kappa shape index (κ3) is 3.34. The van der Waals surface area contributed by atoms with Gasteiger partial charge in [-0.2, -0.15) is 0 Å². The van der Waals surface area contributed by atoms with E-state index in [9.17, 15) is 9.59 Å². The van der Waals surface area contributed by atoms with Crippen LogP contribution in [0.3, 0.4) is 0 Å². The lowest BCUT2D eigenvalue weighted by molar-refractivity contribution is -0.130. The Hall–Kier alpha value is -2.66. The van der Waals surface area contributed by atoms with Crippen LogP contribution in [0.25, 0.3) is 0 Å². The van der Waals surface area contributed by atoms with E-state index in [0.717, 1.165) is 35.4 Å². The fourth-order valence-electron chi connectivity index (χ4n) is 5.37. The summed E-state index contributed by atoms with van der Waals surface area (Å²) in [7, 11) is 0. The largest absolute Gasteiger partial charge is 0.365 e. The van der Waals surface area contributed by atoms with Gasteiger partial charge in [-0.1, -0.05) is 55.2 Å². The minimum atomic E-state index is -0.622. The minimum absolute atomic E-state index is 0.0216. The Bertz CT molecular complexity index is 1120. The van der Waals surface area contributed by atoms with Crippen LogP contribution in [0.4, 0.5) is 5.69 Å². The van der Waals surface area contributed by atoms with Crippen molar-refractivity contribution in [3.05, 3.63) is 64.2 Å². The predicted molar refractivity (Wildman–Crippen MR) is 127 cm³/mol. The summed E-state index contributed by atoms with van der Waals surface area (Å²) in [5.74, 6) is -0.510. The molecule has 0 aliphatic heterocycles. The number of aryl methyl sites for hydroxylation is 2. The number of amides is 1. The summed E-state index contributed by atoms with van der Waals surface area (Å²) in [4.78, 5) is 31.4. The van der Waals surface area contributed by atoms with Crippen molar-refractivity contribution < 1.29 is 14.4 Å². The van der Waals surface area contributed by atoms with Crippen molar-refractivity contribution in [3.63, 3.8) is 0 Å². The summed E-state index contributed by atoms with van der Waals surface area (Å²) < 4.78 is 0. The maximum atomic E-state index is 13.6. The second-order valence-corrected chi connectivity index (χ2v) is 10.3. The minimum Gasteiger partial charge on any atom is -0.325 e. The molecule has 0 saturated heterocycles. The molecule has 1 N–H and O–H groups in total. The number of carbonyl (C=O) groups excluding carboxylic acids is 2. The van der Waals surface area contributed by atoms with Crippen molar-refractivity contribution >= 4 is 34.9 Å². The molecule has 4 rings (SSSR count). The van der Waals surface area contributed by atoms with Crippen LogP contribution in [0.1, 0.15) is 61.5 Å². The molecule has 168 valence electrons. The normalized spacial score (nSPS) is 26.9. The first-order chi connectivity index (χ1) is 15.0. The number of hydrogen-bond donors (Lipinski definition) is 1. The summed E-state index contributed by atoms with van der Waals surface area (Å²) >= 11 is 6.07. The van der Waals surface area contributed by atoms with E-state index in [1.165, 1.54) is 0 Å². The lowest BCUT2D eigenvalue weighted by atomic mass is 9.64. The number of oxime groups is 1. The molecule has 32 heavy (non-hydrogen) atoms. The molecule has 2 fully saturated rings. The third-order valence-corrected chi connectivity index (χ3v) is 8.37. The lowest BCUT2D eigenvalue weighted by Crippen LogP contribution is -2.43. The van der Waals surface area contributed by atoms with E-state index in [2.05, 4.69) is 31.2 Å². The molecule has 0 heterocycles. The topological polar surface area (TPSA) is 67.8 Å². The Kier molecular flexibility index (Phi) is 5.44. The Morgan fingerprint density at radius 2 is 1.72 bits per heavy atom. The standard InChI is InChI=1S/C26H29ClN2O3/c1-16-6-8-18(9-7-16)22(30)32-29-21-15-26(13-12-25(21,5)24(26,3)4)23(31)28-20-11-10-19(27)14-17(20)2/h6-11,14H,12-13,15H2,1-5H3,(H,28,31). The van der Waals surface area contributed by atoms with Crippen molar-refractivity contribution in [3.8, 4) is 0 Å². The maximum Gasteiger partial charge on any atom is 0.365 e. The van der Waals surface area contributed by atoms with Gasteiger partial charge in [-0.3, -0.25) is 4.79 Å². The summed E-state index contributed by atoms with van der Waals surface area (Å²) in [5, 5.41) is 8.07. The number of nitrogens with zero attached hydrogens (tertiary/aromatic N) is 1. The van der Waals surface area contributed by atoms with Crippen molar-refractivity contribution in [2.75, 3.05) is 5.32 Å². The first-order valence-corrected chi connectivity index (χ1v) is 11.3. The first-order valence-electron chi connectivity index (χ1n) is 10.9. The highest BCUT2D eigenvalue weighted by molar-refractivity contribution is 6.30. The van der Waals surface area contributed by atoms with Crippen LogP contribution < -0.4 is 5.32 Å². The highest BCUT2D eigenvalue weighted by Gasteiger charge is 2.71. The summed E-state index contributed by atoms with van der Waals surface area (Å²) in [6.45, 7) is 10.3. The average Bonchev–Trinajstić information content (AvgIpc) is 3.05. The molecule has 2 bridgehead atoms. The number of hydrogen-bond acceptors (Lipinski definition) is 4. The van der Waals surface area contributed by atoms with Crippen LogP contribution in [0, 0.1) is 30.1 Å². The summed E-state index contributed by atoms with van der Waals surface area (Å²) in [6, 6.07) is 12.6. The highest BCUT2D eigenvalue weighted by atomic mass is 35.5. The number of halogens is 1. The van der Waals surface area contributed by atoms with Crippen molar-refractivity contribution in [2.45, 2.75) is 53.9 Å². The number of rotatable bonds is 4. The molecule has 0 spiro atoms. The second-order valence-electron chi connectivity index (χ2n) is 9.91. The van der Waals surface area contributed by atoms with Crippen LogP contribution >= 0.6 is 11.6 Å². The number of carbonyl (C=O) groups is 2.